The molecule has 0 aliphatic heterocycles. The molecule has 0 spiro atoms. The maximum Gasteiger partial charge on any atom is 0.423 e. The van der Waals surface area contributed by atoms with E-state index in [0.29, 0.717) is 15.6 Å². The van der Waals surface area contributed by atoms with Gasteiger partial charge in [-0.15, -0.1) is 0 Å². The molecule has 0 N–H and O–H groups in total. The summed E-state index contributed by atoms with van der Waals surface area (Å²) in [6.07, 6.45) is 3.89. The maximum absolute atomic E-state index is 5.45. The molecule has 0 aromatic carbocycles. The van der Waals surface area contributed by atoms with Gasteiger partial charge in [0.25, 0.3) is 0 Å². The van der Waals surface area contributed by atoms with E-state index in [1.54, 1.807) is 0 Å². The van der Waals surface area contributed by atoms with Crippen molar-refractivity contribution in [2.24, 2.45) is 5.92 Å². The summed E-state index contributed by atoms with van der Waals surface area (Å²) in [5.41, 5.74) is 0. The Labute approximate surface area is 77.6 Å². The van der Waals surface area contributed by atoms with E-state index in [9.17, 15) is 0 Å². The van der Waals surface area contributed by atoms with Gasteiger partial charge in [0.05, 0.1) is 0 Å². The molecule has 0 aromatic heterocycles. The van der Waals surface area contributed by atoms with Gasteiger partial charge in [0.1, 0.15) is 0 Å². The Hall–Kier alpha value is 0.492. The van der Waals surface area contributed by atoms with Gasteiger partial charge < -0.3 is 3.79 Å². The molecule has 1 nitrogen and oxygen atoms in total. The van der Waals surface area contributed by atoms with E-state index in [-0.39, 0.29) is 0 Å². The van der Waals surface area contributed by atoms with Gasteiger partial charge in [-0.1, -0.05) is 38.9 Å². The van der Waals surface area contributed by atoms with Crippen LogP contribution in [0.2, 0.25) is 5.28 Å². The van der Waals surface area contributed by atoms with Gasteiger partial charge in [0.15, 0.2) is 0 Å². The van der Waals surface area contributed by atoms with Crippen molar-refractivity contribution in [1.82, 2.24) is 0 Å². The van der Waals surface area contributed by atoms with Crippen molar-refractivity contribution >= 4 is 15.6 Å². The van der Waals surface area contributed by atoms with Crippen molar-refractivity contribution < 1.29 is 3.79 Å². The highest BCUT2D eigenvalue weighted by molar-refractivity contribution is 6.26. The molecule has 0 saturated heterocycles. The first kappa shape index (κ1) is 11.5. The van der Waals surface area contributed by atoms with Crippen LogP contribution < -0.4 is 0 Å². The molecule has 0 heterocycles. The van der Waals surface area contributed by atoms with Crippen molar-refractivity contribution in [3.8, 4) is 0 Å². The van der Waals surface area contributed by atoms with E-state index in [0.717, 1.165) is 18.9 Å². The first-order valence-corrected chi connectivity index (χ1v) is 5.99. The average Bonchev–Trinajstić information content (AvgIpc) is 1.96. The van der Waals surface area contributed by atoms with Crippen LogP contribution in [0.3, 0.4) is 0 Å². The van der Waals surface area contributed by atoms with Gasteiger partial charge in [-0.25, -0.2) is 0 Å². The average molecular weight is 171 g/mol. The van der Waals surface area contributed by atoms with E-state index < -0.39 is 0 Å². The Morgan fingerprint density at radius 3 is 2.64 bits per heavy atom. The van der Waals surface area contributed by atoms with Crippen LogP contribution in [0.4, 0.5) is 0 Å². The smallest absolute Gasteiger partial charge is 0.423 e. The van der Waals surface area contributed by atoms with Crippen molar-refractivity contribution in [2.75, 3.05) is 6.61 Å². The van der Waals surface area contributed by atoms with Crippen molar-refractivity contribution in [3.05, 3.63) is 0 Å². The highest BCUT2D eigenvalue weighted by atomic mass is 27.1. The lowest BCUT2D eigenvalue weighted by molar-refractivity contribution is 0.333. The fraction of sp³-hybridized carbons (Fsp3) is 1.00. The summed E-state index contributed by atoms with van der Waals surface area (Å²) in [5, 5.41) is 1.32. The lowest BCUT2D eigenvalue weighted by Crippen LogP contribution is -1.99. The fourth-order valence-electron chi connectivity index (χ4n) is 0.894. The normalized spacial score (nSPS) is 10.5. The molecule has 0 atom stereocenters. The summed E-state index contributed by atoms with van der Waals surface area (Å²) in [4.78, 5) is 0. The van der Waals surface area contributed by atoms with E-state index >= 15 is 0 Å². The SMILES string of the molecule is CCC[O][Al][CH2]CCC(C)C. The van der Waals surface area contributed by atoms with Gasteiger partial charge in [0.2, 0.25) is 0 Å². The number of rotatable bonds is 7. The minimum Gasteiger partial charge on any atom is -0.507 e. The Balaban J connectivity index is 2.80. The molecule has 0 unspecified atom stereocenters. The van der Waals surface area contributed by atoms with Crippen LogP contribution in [0, 0.1) is 5.92 Å². The third-order valence-electron chi connectivity index (χ3n) is 1.54. The van der Waals surface area contributed by atoms with E-state index in [4.69, 9.17) is 3.79 Å². The topological polar surface area (TPSA) is 9.23 Å². The minimum atomic E-state index is 0.298. The maximum atomic E-state index is 5.45. The molecule has 0 amide bonds. The van der Waals surface area contributed by atoms with Crippen molar-refractivity contribution in [2.45, 2.75) is 45.3 Å². The van der Waals surface area contributed by atoms with Crippen LogP contribution >= 0.6 is 0 Å². The van der Waals surface area contributed by atoms with Crippen LogP contribution in [0.25, 0.3) is 0 Å². The Morgan fingerprint density at radius 2 is 2.09 bits per heavy atom. The van der Waals surface area contributed by atoms with E-state index in [2.05, 4.69) is 20.8 Å². The zero-order valence-corrected chi connectivity index (χ0v) is 9.25. The predicted octanol–water partition coefficient (Wildman–Crippen LogP) is 2.89. The van der Waals surface area contributed by atoms with E-state index in [1.807, 2.05) is 0 Å². The summed E-state index contributed by atoms with van der Waals surface area (Å²) < 4.78 is 5.45. The molecular formula is C9H20AlO. The molecule has 0 aliphatic carbocycles. The molecule has 0 fully saturated rings. The third kappa shape index (κ3) is 10.5. The molecule has 0 aliphatic rings. The first-order valence-electron chi connectivity index (χ1n) is 4.70. The summed E-state index contributed by atoms with van der Waals surface area (Å²) in [7, 11) is 0. The molecule has 0 aromatic rings. The van der Waals surface area contributed by atoms with Gasteiger partial charge in [-0.3, -0.25) is 0 Å². The van der Waals surface area contributed by atoms with E-state index in [1.165, 1.54) is 18.1 Å². The molecule has 0 bridgehead atoms. The van der Waals surface area contributed by atoms with Crippen molar-refractivity contribution in [3.63, 3.8) is 0 Å². The zero-order valence-electron chi connectivity index (χ0n) is 8.10. The Bertz CT molecular complexity index is 74.0. The van der Waals surface area contributed by atoms with Crippen LogP contribution in [-0.2, 0) is 3.79 Å². The molecule has 11 heavy (non-hydrogen) atoms. The lowest BCUT2D eigenvalue weighted by atomic mass is 10.1. The van der Waals surface area contributed by atoms with Crippen LogP contribution in [0.15, 0.2) is 0 Å². The second-order valence-corrected chi connectivity index (χ2v) is 4.61. The Kier molecular flexibility index (Phi) is 8.97. The summed E-state index contributed by atoms with van der Waals surface area (Å²) in [6.45, 7) is 7.69. The Morgan fingerprint density at radius 1 is 1.36 bits per heavy atom. The summed E-state index contributed by atoms with van der Waals surface area (Å²) in [5.74, 6) is 0.862. The largest absolute Gasteiger partial charge is 0.507 e. The minimum absolute atomic E-state index is 0.298. The zero-order chi connectivity index (χ0) is 8.53. The van der Waals surface area contributed by atoms with Gasteiger partial charge >= 0.3 is 15.6 Å². The lowest BCUT2D eigenvalue weighted by Gasteiger charge is -2.03. The quantitative estimate of drug-likeness (QED) is 0.422. The molecule has 0 saturated carbocycles. The molecule has 65 valence electrons. The molecule has 2 heteroatoms. The standard InChI is InChI=1S/C6H13.C3H7O.Al/c1-4-5-6(2)3;1-2-3-4;/h6H,1,4-5H2,2-3H3;2-3H2,1H3;/q;-1;+1. The van der Waals surface area contributed by atoms with Gasteiger partial charge in [0, 0.05) is 6.61 Å². The summed E-state index contributed by atoms with van der Waals surface area (Å²) in [6, 6.07) is 0. The molecule has 0 rings (SSSR count). The monoisotopic (exact) mass is 171 g/mol. The molecule has 1 radical (unpaired) electrons. The van der Waals surface area contributed by atoms with Crippen LogP contribution in [0.1, 0.15) is 40.0 Å². The second-order valence-electron chi connectivity index (χ2n) is 3.36. The highest BCUT2D eigenvalue weighted by Crippen LogP contribution is 2.05. The first-order chi connectivity index (χ1) is 5.27. The predicted molar refractivity (Wildman–Crippen MR) is 50.9 cm³/mol. The van der Waals surface area contributed by atoms with Gasteiger partial charge in [-0.05, 0) is 12.3 Å². The highest BCUT2D eigenvalue weighted by Gasteiger charge is 1.96. The van der Waals surface area contributed by atoms with Crippen molar-refractivity contribution in [1.29, 1.82) is 0 Å². The number of hydrogen-bond acceptors (Lipinski definition) is 1. The second kappa shape index (κ2) is 8.59. The van der Waals surface area contributed by atoms with Crippen LogP contribution in [-0.4, -0.2) is 22.2 Å². The third-order valence-corrected chi connectivity index (χ3v) is 2.66. The summed E-state index contributed by atoms with van der Waals surface area (Å²) >= 11 is 0.298. The fourth-order valence-corrected chi connectivity index (χ4v) is 1.87. The van der Waals surface area contributed by atoms with Gasteiger partial charge in [-0.2, -0.15) is 0 Å². The van der Waals surface area contributed by atoms with Crippen LogP contribution in [0.5, 0.6) is 0 Å². The number of hydrogen-bond donors (Lipinski definition) is 0. The molecular weight excluding hydrogens is 151 g/mol.